The van der Waals surface area contributed by atoms with Crippen molar-refractivity contribution in [3.63, 3.8) is 0 Å². The largest absolute Gasteiger partial charge is 0.339 e. The zero-order chi connectivity index (χ0) is 25.5. The van der Waals surface area contributed by atoms with E-state index in [2.05, 4.69) is 29.2 Å². The Labute approximate surface area is 222 Å². The van der Waals surface area contributed by atoms with Gasteiger partial charge in [-0.05, 0) is 35.9 Å². The van der Waals surface area contributed by atoms with Crippen molar-refractivity contribution in [1.82, 2.24) is 9.80 Å². The minimum absolute atomic E-state index is 0.0962. The van der Waals surface area contributed by atoms with Crippen molar-refractivity contribution in [2.24, 2.45) is 0 Å². The van der Waals surface area contributed by atoms with Gasteiger partial charge in [0, 0.05) is 32.7 Å². The second-order valence-electron chi connectivity index (χ2n) is 8.42. The van der Waals surface area contributed by atoms with Gasteiger partial charge in [-0.2, -0.15) is 0 Å². The van der Waals surface area contributed by atoms with Crippen molar-refractivity contribution in [3.05, 3.63) is 101 Å². The first-order valence-corrected chi connectivity index (χ1v) is 13.8. The summed E-state index contributed by atoms with van der Waals surface area (Å²) >= 11 is 12.2. The molecule has 4 rings (SSSR count). The Balaban J connectivity index is 1.44. The Morgan fingerprint density at radius 3 is 2.14 bits per heavy atom. The number of benzene rings is 3. The Kier molecular flexibility index (Phi) is 8.69. The van der Waals surface area contributed by atoms with Crippen LogP contribution in [0.3, 0.4) is 0 Å². The van der Waals surface area contributed by atoms with Crippen LogP contribution in [-0.4, -0.2) is 63.4 Å². The van der Waals surface area contributed by atoms with Crippen LogP contribution >= 0.6 is 23.2 Å². The highest BCUT2D eigenvalue weighted by Crippen LogP contribution is 2.30. The average Bonchev–Trinajstić information content (AvgIpc) is 2.90. The smallest absolute Gasteiger partial charge is 0.264 e. The molecule has 0 atom stereocenters. The van der Waals surface area contributed by atoms with Crippen LogP contribution in [-0.2, 0) is 14.8 Å². The first kappa shape index (κ1) is 26.2. The van der Waals surface area contributed by atoms with E-state index >= 15 is 0 Å². The number of halogens is 2. The number of piperazine rings is 1. The van der Waals surface area contributed by atoms with Crippen LogP contribution in [0.4, 0.5) is 5.69 Å². The Hall–Kier alpha value is -2.84. The molecule has 0 bridgehead atoms. The summed E-state index contributed by atoms with van der Waals surface area (Å²) in [4.78, 5) is 17.3. The quantitative estimate of drug-likeness (QED) is 0.399. The summed E-state index contributed by atoms with van der Waals surface area (Å²) in [6.45, 7) is 2.93. The Morgan fingerprint density at radius 2 is 1.50 bits per heavy atom. The first-order chi connectivity index (χ1) is 17.3. The van der Waals surface area contributed by atoms with Crippen LogP contribution in [0.25, 0.3) is 6.08 Å². The number of rotatable bonds is 8. The second kappa shape index (κ2) is 11.9. The molecule has 0 saturated carbocycles. The van der Waals surface area contributed by atoms with Gasteiger partial charge < -0.3 is 4.90 Å². The molecule has 6 nitrogen and oxygen atoms in total. The van der Waals surface area contributed by atoms with Crippen LogP contribution in [0.1, 0.15) is 5.56 Å². The molecule has 188 valence electrons. The molecule has 0 radical (unpaired) electrons. The maximum absolute atomic E-state index is 13.5. The highest BCUT2D eigenvalue weighted by molar-refractivity contribution is 7.92. The van der Waals surface area contributed by atoms with E-state index in [0.717, 1.165) is 16.4 Å². The topological polar surface area (TPSA) is 60.9 Å². The molecule has 0 aliphatic carbocycles. The summed E-state index contributed by atoms with van der Waals surface area (Å²) in [7, 11) is -4.00. The monoisotopic (exact) mass is 543 g/mol. The minimum atomic E-state index is -4.00. The third kappa shape index (κ3) is 6.48. The molecule has 0 aromatic heterocycles. The number of anilines is 1. The predicted octanol–water partition coefficient (Wildman–Crippen LogP) is 5.05. The van der Waals surface area contributed by atoms with Crippen LogP contribution in [0, 0.1) is 0 Å². The van der Waals surface area contributed by atoms with Gasteiger partial charge >= 0.3 is 0 Å². The SMILES string of the molecule is O=C(CN(c1ccc(Cl)c(Cl)c1)S(=O)(=O)c1ccccc1)N1CCN(C/C=C/c2ccccc2)CC1. The van der Waals surface area contributed by atoms with Crippen LogP contribution in [0.15, 0.2) is 89.8 Å². The number of hydrogen-bond acceptors (Lipinski definition) is 4. The lowest BCUT2D eigenvalue weighted by molar-refractivity contribution is -0.131. The molecule has 36 heavy (non-hydrogen) atoms. The van der Waals surface area contributed by atoms with Crippen molar-refractivity contribution in [2.45, 2.75) is 4.90 Å². The maximum Gasteiger partial charge on any atom is 0.264 e. The molecule has 1 aliphatic heterocycles. The van der Waals surface area contributed by atoms with Gasteiger partial charge in [0.1, 0.15) is 6.54 Å². The van der Waals surface area contributed by atoms with Gasteiger partial charge in [0.05, 0.1) is 20.6 Å². The van der Waals surface area contributed by atoms with E-state index < -0.39 is 10.0 Å². The Bertz CT molecular complexity index is 1310. The van der Waals surface area contributed by atoms with Gasteiger partial charge in [0.25, 0.3) is 10.0 Å². The maximum atomic E-state index is 13.5. The summed E-state index contributed by atoms with van der Waals surface area (Å²) in [6, 6.07) is 22.7. The summed E-state index contributed by atoms with van der Waals surface area (Å²) in [5, 5.41) is 0.522. The molecule has 0 unspecified atom stereocenters. The molecule has 1 saturated heterocycles. The molecule has 0 N–H and O–H groups in total. The van der Waals surface area contributed by atoms with E-state index in [0.29, 0.717) is 31.2 Å². The Morgan fingerprint density at radius 1 is 0.861 bits per heavy atom. The highest BCUT2D eigenvalue weighted by atomic mass is 35.5. The third-order valence-electron chi connectivity index (χ3n) is 6.00. The van der Waals surface area contributed by atoms with Crippen LogP contribution < -0.4 is 4.31 Å². The standard InChI is InChI=1S/C27H27Cl2N3O3S/c28-25-14-13-23(20-26(25)29)32(36(34,35)24-11-5-2-6-12-24)21-27(33)31-18-16-30(17-19-31)15-7-10-22-8-3-1-4-9-22/h1-14,20H,15-19,21H2/b10-7+. The zero-order valence-corrected chi connectivity index (χ0v) is 22.0. The predicted molar refractivity (Wildman–Crippen MR) is 146 cm³/mol. The second-order valence-corrected chi connectivity index (χ2v) is 11.1. The van der Waals surface area contributed by atoms with Gasteiger partial charge in [-0.1, -0.05) is 83.9 Å². The lowest BCUT2D eigenvalue weighted by Gasteiger charge is -2.35. The molecule has 1 amide bonds. The molecular formula is C27H27Cl2N3O3S. The van der Waals surface area contributed by atoms with Gasteiger partial charge in [0.2, 0.25) is 5.91 Å². The molecular weight excluding hydrogens is 517 g/mol. The lowest BCUT2D eigenvalue weighted by Crippen LogP contribution is -2.51. The van der Waals surface area contributed by atoms with Crippen LogP contribution in [0.2, 0.25) is 10.0 Å². The number of carbonyl (C=O) groups excluding carboxylic acids is 1. The lowest BCUT2D eigenvalue weighted by atomic mass is 10.2. The highest BCUT2D eigenvalue weighted by Gasteiger charge is 2.30. The van der Waals surface area contributed by atoms with Gasteiger partial charge in [-0.25, -0.2) is 8.42 Å². The van der Waals surface area contributed by atoms with Gasteiger partial charge in [-0.3, -0.25) is 14.0 Å². The van der Waals surface area contributed by atoms with E-state index in [9.17, 15) is 13.2 Å². The van der Waals surface area contributed by atoms with Crippen molar-refractivity contribution in [3.8, 4) is 0 Å². The third-order valence-corrected chi connectivity index (χ3v) is 8.53. The molecule has 1 heterocycles. The van der Waals surface area contributed by atoms with Crippen molar-refractivity contribution < 1.29 is 13.2 Å². The van der Waals surface area contributed by atoms with E-state index in [1.54, 1.807) is 29.2 Å². The minimum Gasteiger partial charge on any atom is -0.339 e. The fourth-order valence-corrected chi connectivity index (χ4v) is 5.70. The number of amides is 1. The first-order valence-electron chi connectivity index (χ1n) is 11.6. The van der Waals surface area contributed by atoms with E-state index in [4.69, 9.17) is 23.2 Å². The number of sulfonamides is 1. The summed E-state index contributed by atoms with van der Waals surface area (Å²) in [5.74, 6) is -0.264. The van der Waals surface area contributed by atoms with E-state index in [-0.39, 0.29) is 28.1 Å². The van der Waals surface area contributed by atoms with E-state index in [1.807, 2.05) is 18.2 Å². The molecule has 1 fully saturated rings. The summed E-state index contributed by atoms with van der Waals surface area (Å²) in [6.07, 6.45) is 4.20. The molecule has 1 aliphatic rings. The summed E-state index contributed by atoms with van der Waals surface area (Å²) in [5.41, 5.74) is 1.43. The van der Waals surface area contributed by atoms with Crippen molar-refractivity contribution >= 4 is 50.9 Å². The number of nitrogens with zero attached hydrogens (tertiary/aromatic N) is 3. The van der Waals surface area contributed by atoms with Gasteiger partial charge in [-0.15, -0.1) is 0 Å². The van der Waals surface area contributed by atoms with Gasteiger partial charge in [0.15, 0.2) is 0 Å². The molecule has 9 heteroatoms. The molecule has 3 aromatic rings. The average molecular weight is 545 g/mol. The van der Waals surface area contributed by atoms with E-state index in [1.165, 1.54) is 24.3 Å². The summed E-state index contributed by atoms with van der Waals surface area (Å²) < 4.78 is 28.1. The fourth-order valence-electron chi connectivity index (χ4n) is 3.98. The molecule has 0 spiro atoms. The van der Waals surface area contributed by atoms with Crippen molar-refractivity contribution in [2.75, 3.05) is 43.6 Å². The molecule has 3 aromatic carbocycles. The zero-order valence-electron chi connectivity index (χ0n) is 19.6. The van der Waals surface area contributed by atoms with Crippen molar-refractivity contribution in [1.29, 1.82) is 0 Å². The van der Waals surface area contributed by atoms with Crippen LogP contribution in [0.5, 0.6) is 0 Å². The number of carbonyl (C=O) groups is 1. The fraction of sp³-hybridized carbons (Fsp3) is 0.222. The number of hydrogen-bond donors (Lipinski definition) is 0. The normalized spacial score (nSPS) is 14.8.